The second kappa shape index (κ2) is 4.86. The largest absolute Gasteiger partial charge is 0.353 e. The summed E-state index contributed by atoms with van der Waals surface area (Å²) in [5, 5.41) is 3.19. The van der Waals surface area contributed by atoms with Gasteiger partial charge in [-0.1, -0.05) is 34.1 Å². The van der Waals surface area contributed by atoms with Crippen LogP contribution >= 0.6 is 0 Å². The molecule has 2 nitrogen and oxygen atoms in total. The minimum absolute atomic E-state index is 0.287. The summed E-state index contributed by atoms with van der Waals surface area (Å²) in [4.78, 5) is 11.7. The van der Waals surface area contributed by atoms with Crippen molar-refractivity contribution in [3.63, 3.8) is 0 Å². The molecule has 1 N–H and O–H groups in total. The van der Waals surface area contributed by atoms with Crippen LogP contribution in [0.1, 0.15) is 72.6 Å². The molecular formula is C16H29NO. The molecule has 0 aromatic rings. The highest BCUT2D eigenvalue weighted by molar-refractivity contribution is 5.80. The Morgan fingerprint density at radius 1 is 1.28 bits per heavy atom. The van der Waals surface area contributed by atoms with Gasteiger partial charge in [0.05, 0.1) is 0 Å². The van der Waals surface area contributed by atoms with Crippen LogP contribution < -0.4 is 5.32 Å². The van der Waals surface area contributed by atoms with E-state index >= 15 is 0 Å². The van der Waals surface area contributed by atoms with Gasteiger partial charge in [-0.25, -0.2) is 0 Å². The van der Waals surface area contributed by atoms with E-state index in [1.165, 1.54) is 32.1 Å². The van der Waals surface area contributed by atoms with E-state index in [1.807, 2.05) is 0 Å². The first-order valence-electron chi connectivity index (χ1n) is 7.73. The molecule has 0 radical (unpaired) electrons. The summed E-state index contributed by atoms with van der Waals surface area (Å²) >= 11 is 0. The van der Waals surface area contributed by atoms with Crippen molar-refractivity contribution in [3.8, 4) is 0 Å². The summed E-state index contributed by atoms with van der Waals surface area (Å²) in [6, 6.07) is 0.440. The molecule has 1 atom stereocenters. The molecule has 0 bridgehead atoms. The minimum atomic E-state index is 0.287. The molecule has 0 aromatic carbocycles. The fraction of sp³-hybridized carbons (Fsp3) is 0.938. The van der Waals surface area contributed by atoms with Crippen molar-refractivity contribution < 1.29 is 4.79 Å². The monoisotopic (exact) mass is 251 g/mol. The van der Waals surface area contributed by atoms with Crippen LogP contribution in [0.4, 0.5) is 0 Å². The van der Waals surface area contributed by atoms with E-state index in [0.29, 0.717) is 16.9 Å². The Kier molecular flexibility index (Phi) is 3.75. The zero-order valence-electron chi connectivity index (χ0n) is 12.5. The normalized spacial score (nSPS) is 37.0. The van der Waals surface area contributed by atoms with E-state index in [2.05, 4.69) is 33.0 Å². The maximum atomic E-state index is 11.7. The topological polar surface area (TPSA) is 29.1 Å². The molecular weight excluding hydrogens is 222 g/mol. The van der Waals surface area contributed by atoms with Crippen LogP contribution in [-0.4, -0.2) is 11.9 Å². The van der Waals surface area contributed by atoms with Gasteiger partial charge < -0.3 is 5.32 Å². The highest BCUT2D eigenvalue weighted by Gasteiger charge is 2.48. The van der Waals surface area contributed by atoms with Gasteiger partial charge in [-0.05, 0) is 48.9 Å². The Balaban J connectivity index is 2.03. The summed E-state index contributed by atoms with van der Waals surface area (Å²) in [5.41, 5.74) is 0.769. The lowest BCUT2D eigenvalue weighted by Gasteiger charge is -2.45. The molecule has 2 heteroatoms. The number of hydrogen-bond acceptors (Lipinski definition) is 1. The van der Waals surface area contributed by atoms with E-state index in [1.54, 1.807) is 0 Å². The Labute approximate surface area is 112 Å². The van der Waals surface area contributed by atoms with E-state index in [-0.39, 0.29) is 5.91 Å². The third-order valence-electron chi connectivity index (χ3n) is 5.99. The molecule has 1 unspecified atom stereocenters. The number of rotatable bonds is 3. The molecule has 1 aliphatic carbocycles. The zero-order chi connectivity index (χ0) is 13.4. The second-order valence-electron chi connectivity index (χ2n) is 7.18. The number of carbonyl (C=O) groups excluding carboxylic acids is 1. The molecule has 2 aliphatic rings. The first-order valence-corrected chi connectivity index (χ1v) is 7.73. The highest BCUT2D eigenvalue weighted by Crippen LogP contribution is 2.51. The molecule has 1 amide bonds. The fourth-order valence-electron chi connectivity index (χ4n) is 4.16. The van der Waals surface area contributed by atoms with Crippen molar-refractivity contribution in [1.29, 1.82) is 0 Å². The van der Waals surface area contributed by atoms with Gasteiger partial charge >= 0.3 is 0 Å². The fourth-order valence-corrected chi connectivity index (χ4v) is 4.16. The van der Waals surface area contributed by atoms with Crippen LogP contribution in [0.25, 0.3) is 0 Å². The molecule has 2 fully saturated rings. The third kappa shape index (κ3) is 2.31. The molecule has 0 aromatic heterocycles. The maximum Gasteiger partial charge on any atom is 0.220 e. The van der Waals surface area contributed by atoms with Gasteiger partial charge in [0, 0.05) is 12.5 Å². The van der Waals surface area contributed by atoms with Crippen molar-refractivity contribution in [2.75, 3.05) is 0 Å². The van der Waals surface area contributed by atoms with Crippen LogP contribution in [0.2, 0.25) is 0 Å². The van der Waals surface area contributed by atoms with Crippen LogP contribution in [0, 0.1) is 16.7 Å². The molecule has 1 aliphatic heterocycles. The van der Waals surface area contributed by atoms with E-state index in [9.17, 15) is 4.79 Å². The van der Waals surface area contributed by atoms with Gasteiger partial charge in [0.25, 0.3) is 0 Å². The number of nitrogens with one attached hydrogen (secondary N) is 1. The van der Waals surface area contributed by atoms with Crippen molar-refractivity contribution >= 4 is 5.91 Å². The average molecular weight is 251 g/mol. The number of carbonyl (C=O) groups is 1. The van der Waals surface area contributed by atoms with Crippen LogP contribution in [0.5, 0.6) is 0 Å². The van der Waals surface area contributed by atoms with Crippen LogP contribution in [-0.2, 0) is 4.79 Å². The van der Waals surface area contributed by atoms with Crippen LogP contribution in [0.3, 0.4) is 0 Å². The summed E-state index contributed by atoms with van der Waals surface area (Å²) in [7, 11) is 0. The van der Waals surface area contributed by atoms with Crippen molar-refractivity contribution in [3.05, 3.63) is 0 Å². The van der Waals surface area contributed by atoms with Crippen molar-refractivity contribution in [1.82, 2.24) is 5.32 Å². The van der Waals surface area contributed by atoms with Gasteiger partial charge in [-0.2, -0.15) is 0 Å². The standard InChI is InChI=1S/C16H29NO/c1-5-13-16(11-14(18)17-13)9-7-12(8-10-16)15(3,4)6-2/h12-13H,5-11H2,1-4H3,(H,17,18). The van der Waals surface area contributed by atoms with Crippen molar-refractivity contribution in [2.45, 2.75) is 78.7 Å². The lowest BCUT2D eigenvalue weighted by atomic mass is 9.60. The zero-order valence-corrected chi connectivity index (χ0v) is 12.5. The SMILES string of the molecule is CCC1NC(=O)CC12CCC(C(C)(C)CC)CC2. The van der Waals surface area contributed by atoms with Crippen LogP contribution in [0.15, 0.2) is 0 Å². The predicted molar refractivity (Wildman–Crippen MR) is 75.3 cm³/mol. The first kappa shape index (κ1) is 13.9. The smallest absolute Gasteiger partial charge is 0.220 e. The van der Waals surface area contributed by atoms with E-state index in [4.69, 9.17) is 0 Å². The van der Waals surface area contributed by atoms with Gasteiger partial charge in [-0.15, -0.1) is 0 Å². The van der Waals surface area contributed by atoms with Gasteiger partial charge in [-0.3, -0.25) is 4.79 Å². The van der Waals surface area contributed by atoms with Crippen molar-refractivity contribution in [2.24, 2.45) is 16.7 Å². The third-order valence-corrected chi connectivity index (χ3v) is 5.99. The average Bonchev–Trinajstić information content (AvgIpc) is 2.66. The molecule has 18 heavy (non-hydrogen) atoms. The summed E-state index contributed by atoms with van der Waals surface area (Å²) < 4.78 is 0. The minimum Gasteiger partial charge on any atom is -0.353 e. The Bertz CT molecular complexity index is 313. The Morgan fingerprint density at radius 2 is 1.89 bits per heavy atom. The summed E-state index contributed by atoms with van der Waals surface area (Å²) in [6.07, 6.45) is 8.26. The van der Waals surface area contributed by atoms with E-state index < -0.39 is 0 Å². The predicted octanol–water partition coefficient (Wildman–Crippen LogP) is 3.90. The summed E-state index contributed by atoms with van der Waals surface area (Å²) in [6.45, 7) is 9.33. The van der Waals surface area contributed by atoms with Gasteiger partial charge in [0.15, 0.2) is 0 Å². The molecule has 1 saturated heterocycles. The van der Waals surface area contributed by atoms with E-state index in [0.717, 1.165) is 18.8 Å². The molecule has 1 spiro atoms. The second-order valence-corrected chi connectivity index (χ2v) is 7.18. The maximum absolute atomic E-state index is 11.7. The molecule has 1 saturated carbocycles. The lowest BCUT2D eigenvalue weighted by molar-refractivity contribution is -0.120. The number of hydrogen-bond donors (Lipinski definition) is 1. The lowest BCUT2D eigenvalue weighted by Crippen LogP contribution is -2.41. The highest BCUT2D eigenvalue weighted by atomic mass is 16.2. The first-order chi connectivity index (χ1) is 8.43. The molecule has 104 valence electrons. The van der Waals surface area contributed by atoms with Gasteiger partial charge in [0.2, 0.25) is 5.91 Å². The molecule has 2 rings (SSSR count). The quantitative estimate of drug-likeness (QED) is 0.810. The Morgan fingerprint density at radius 3 is 2.39 bits per heavy atom. The Hall–Kier alpha value is -0.530. The number of amides is 1. The molecule has 1 heterocycles. The summed E-state index contributed by atoms with van der Waals surface area (Å²) in [5.74, 6) is 1.14. The van der Waals surface area contributed by atoms with Gasteiger partial charge in [0.1, 0.15) is 0 Å².